The summed E-state index contributed by atoms with van der Waals surface area (Å²) in [4.78, 5) is 26.0. The summed E-state index contributed by atoms with van der Waals surface area (Å²) in [5.74, 6) is 0.0378. The highest BCUT2D eigenvalue weighted by Crippen LogP contribution is 2.16. The molecule has 0 radical (unpaired) electrons. The van der Waals surface area contributed by atoms with Gasteiger partial charge in [0, 0.05) is 30.4 Å². The molecule has 2 N–H and O–H groups in total. The molecule has 0 bridgehead atoms. The molecule has 120 valence electrons. The third-order valence-electron chi connectivity index (χ3n) is 3.98. The van der Waals surface area contributed by atoms with Crippen molar-refractivity contribution in [2.24, 2.45) is 0 Å². The number of carbonyl (C=O) groups is 2. The number of hydrogen-bond donors (Lipinski definition) is 2. The number of likely N-dealkylation sites (tertiary alicyclic amines) is 1. The monoisotopic (exact) mass is 303 g/mol. The van der Waals surface area contributed by atoms with Gasteiger partial charge in [0.1, 0.15) is 0 Å². The number of benzene rings is 1. The van der Waals surface area contributed by atoms with Crippen molar-refractivity contribution in [1.82, 2.24) is 10.2 Å². The molecule has 1 aliphatic heterocycles. The Bertz CT molecular complexity index is 524. The molecule has 2 amide bonds. The molecule has 1 saturated heterocycles. The van der Waals surface area contributed by atoms with E-state index in [2.05, 4.69) is 10.6 Å². The van der Waals surface area contributed by atoms with Gasteiger partial charge in [-0.15, -0.1) is 0 Å². The Labute approximate surface area is 132 Å². The molecule has 0 aliphatic carbocycles. The van der Waals surface area contributed by atoms with E-state index in [-0.39, 0.29) is 24.4 Å². The number of carbonyl (C=O) groups excluding carboxylic acids is 2. The highest BCUT2D eigenvalue weighted by Gasteiger charge is 2.19. The molecule has 0 aromatic heterocycles. The summed E-state index contributed by atoms with van der Waals surface area (Å²) in [6.45, 7) is 5.91. The summed E-state index contributed by atoms with van der Waals surface area (Å²) in [6.07, 6.45) is 3.07. The minimum Gasteiger partial charge on any atom is -0.376 e. The molecular weight excluding hydrogens is 278 g/mol. The summed E-state index contributed by atoms with van der Waals surface area (Å²) >= 11 is 0. The number of nitrogens with one attached hydrogen (secondary N) is 2. The van der Waals surface area contributed by atoms with Gasteiger partial charge in [-0.05, 0) is 44.4 Å². The number of rotatable bonds is 6. The van der Waals surface area contributed by atoms with Gasteiger partial charge >= 0.3 is 0 Å². The Morgan fingerprint density at radius 2 is 2.00 bits per heavy atom. The molecule has 2 rings (SSSR count). The van der Waals surface area contributed by atoms with Crippen LogP contribution in [0.1, 0.15) is 43.5 Å². The van der Waals surface area contributed by atoms with Gasteiger partial charge in [-0.2, -0.15) is 0 Å². The van der Waals surface area contributed by atoms with Gasteiger partial charge in [0.15, 0.2) is 0 Å². The van der Waals surface area contributed by atoms with Crippen molar-refractivity contribution >= 4 is 17.5 Å². The van der Waals surface area contributed by atoms with E-state index in [4.69, 9.17) is 0 Å². The van der Waals surface area contributed by atoms with Gasteiger partial charge in [-0.3, -0.25) is 9.59 Å². The van der Waals surface area contributed by atoms with E-state index in [1.165, 1.54) is 0 Å². The average Bonchev–Trinajstić information content (AvgIpc) is 3.06. The lowest BCUT2D eigenvalue weighted by Crippen LogP contribution is -2.36. The Morgan fingerprint density at radius 3 is 2.68 bits per heavy atom. The molecule has 0 spiro atoms. The Morgan fingerprint density at radius 1 is 1.27 bits per heavy atom. The summed E-state index contributed by atoms with van der Waals surface area (Å²) in [6, 6.07) is 7.54. The van der Waals surface area contributed by atoms with Crippen molar-refractivity contribution in [1.29, 1.82) is 0 Å². The van der Waals surface area contributed by atoms with Crippen molar-refractivity contribution in [3.63, 3.8) is 0 Å². The lowest BCUT2D eigenvalue weighted by molar-refractivity contribution is -0.120. The highest BCUT2D eigenvalue weighted by atomic mass is 16.2. The fourth-order valence-corrected chi connectivity index (χ4v) is 2.48. The predicted molar refractivity (Wildman–Crippen MR) is 88.0 cm³/mol. The van der Waals surface area contributed by atoms with Crippen molar-refractivity contribution in [2.45, 2.75) is 39.2 Å². The topological polar surface area (TPSA) is 61.4 Å². The van der Waals surface area contributed by atoms with Crippen LogP contribution in [0.3, 0.4) is 0 Å². The van der Waals surface area contributed by atoms with Crippen LogP contribution < -0.4 is 10.6 Å². The summed E-state index contributed by atoms with van der Waals surface area (Å²) in [5.41, 5.74) is 1.47. The maximum atomic E-state index is 12.3. The molecule has 1 unspecified atom stereocenters. The lowest BCUT2D eigenvalue weighted by Gasteiger charge is -2.16. The first-order valence-corrected chi connectivity index (χ1v) is 8.02. The van der Waals surface area contributed by atoms with Crippen LogP contribution in [0.2, 0.25) is 0 Å². The second-order valence-corrected chi connectivity index (χ2v) is 5.81. The second kappa shape index (κ2) is 7.82. The summed E-state index contributed by atoms with van der Waals surface area (Å²) in [7, 11) is 0. The van der Waals surface area contributed by atoms with Crippen molar-refractivity contribution < 1.29 is 9.59 Å². The fourth-order valence-electron chi connectivity index (χ4n) is 2.48. The quantitative estimate of drug-likeness (QED) is 0.847. The Kier molecular flexibility index (Phi) is 5.81. The first kappa shape index (κ1) is 16.3. The molecule has 1 atom stereocenters. The maximum Gasteiger partial charge on any atom is 0.253 e. The van der Waals surface area contributed by atoms with Crippen molar-refractivity contribution in [2.75, 3.05) is 25.0 Å². The van der Waals surface area contributed by atoms with Crippen LogP contribution >= 0.6 is 0 Å². The molecule has 1 aliphatic rings. The van der Waals surface area contributed by atoms with Crippen molar-refractivity contribution in [3.8, 4) is 0 Å². The zero-order chi connectivity index (χ0) is 15.9. The molecule has 1 heterocycles. The number of hydrogen-bond acceptors (Lipinski definition) is 3. The normalized spacial score (nSPS) is 15.5. The predicted octanol–water partition coefficient (Wildman–Crippen LogP) is 2.25. The Hall–Kier alpha value is -2.04. The molecular formula is C17H25N3O2. The van der Waals surface area contributed by atoms with Gasteiger partial charge in [-0.1, -0.05) is 13.0 Å². The van der Waals surface area contributed by atoms with Crippen LogP contribution in [0.4, 0.5) is 5.69 Å². The van der Waals surface area contributed by atoms with Crippen LogP contribution in [-0.2, 0) is 4.79 Å². The third-order valence-corrected chi connectivity index (χ3v) is 3.98. The number of amides is 2. The van der Waals surface area contributed by atoms with Crippen molar-refractivity contribution in [3.05, 3.63) is 29.8 Å². The minimum atomic E-state index is -0.0365. The standard InChI is InChI=1S/C17H25N3O2/c1-3-13(2)19-16(21)12-18-15-8-6-7-14(11-15)17(22)20-9-4-5-10-20/h6-8,11,13,18H,3-5,9-10,12H2,1-2H3,(H,19,21). The first-order chi connectivity index (χ1) is 10.6. The zero-order valence-corrected chi connectivity index (χ0v) is 13.4. The molecule has 5 heteroatoms. The minimum absolute atomic E-state index is 0.0365. The SMILES string of the molecule is CCC(C)NC(=O)CNc1cccc(C(=O)N2CCCC2)c1. The second-order valence-electron chi connectivity index (χ2n) is 5.81. The molecule has 22 heavy (non-hydrogen) atoms. The fraction of sp³-hybridized carbons (Fsp3) is 0.529. The van der Waals surface area contributed by atoms with Gasteiger partial charge in [-0.25, -0.2) is 0 Å². The zero-order valence-electron chi connectivity index (χ0n) is 13.4. The van der Waals surface area contributed by atoms with Gasteiger partial charge in [0.25, 0.3) is 5.91 Å². The number of nitrogens with zero attached hydrogens (tertiary/aromatic N) is 1. The van der Waals surface area contributed by atoms with E-state index in [9.17, 15) is 9.59 Å². The van der Waals surface area contributed by atoms with E-state index in [0.29, 0.717) is 5.56 Å². The third kappa shape index (κ3) is 4.48. The van der Waals surface area contributed by atoms with Crippen LogP contribution in [0.5, 0.6) is 0 Å². The van der Waals surface area contributed by atoms with E-state index < -0.39 is 0 Å². The summed E-state index contributed by atoms with van der Waals surface area (Å²) in [5, 5.41) is 5.98. The molecule has 0 saturated carbocycles. The van der Waals surface area contributed by atoms with Gasteiger partial charge in [0.2, 0.25) is 5.91 Å². The van der Waals surface area contributed by atoms with E-state index in [1.807, 2.05) is 43.0 Å². The van der Waals surface area contributed by atoms with Gasteiger partial charge in [0.05, 0.1) is 6.54 Å². The van der Waals surface area contributed by atoms with Crippen LogP contribution in [0.25, 0.3) is 0 Å². The van der Waals surface area contributed by atoms with E-state index >= 15 is 0 Å². The first-order valence-electron chi connectivity index (χ1n) is 8.02. The smallest absolute Gasteiger partial charge is 0.253 e. The van der Waals surface area contributed by atoms with Crippen LogP contribution in [-0.4, -0.2) is 42.4 Å². The number of anilines is 1. The molecule has 1 aromatic carbocycles. The molecule has 1 aromatic rings. The maximum absolute atomic E-state index is 12.3. The average molecular weight is 303 g/mol. The lowest BCUT2D eigenvalue weighted by atomic mass is 10.1. The Balaban J connectivity index is 1.91. The molecule has 1 fully saturated rings. The largest absolute Gasteiger partial charge is 0.376 e. The van der Waals surface area contributed by atoms with Crippen LogP contribution in [0, 0.1) is 0 Å². The summed E-state index contributed by atoms with van der Waals surface area (Å²) < 4.78 is 0. The van der Waals surface area contributed by atoms with Crippen LogP contribution in [0.15, 0.2) is 24.3 Å². The van der Waals surface area contributed by atoms with E-state index in [0.717, 1.165) is 38.0 Å². The van der Waals surface area contributed by atoms with Gasteiger partial charge < -0.3 is 15.5 Å². The molecule has 5 nitrogen and oxygen atoms in total. The highest BCUT2D eigenvalue weighted by molar-refractivity contribution is 5.95. The van der Waals surface area contributed by atoms with E-state index in [1.54, 1.807) is 0 Å².